The highest BCUT2D eigenvalue weighted by Crippen LogP contribution is 2.41. The van der Waals surface area contributed by atoms with Crippen LogP contribution in [0.3, 0.4) is 0 Å². The largest absolute Gasteiger partial charge is 0.394 e. The Morgan fingerprint density at radius 3 is 0.940 bits per heavy atom. The standard InChI is InChI=1S/C74H126N4O55/c1-17-37(94)48(105)52(109)69(116-17)133-64-51(108)41(98)26(10-83)120-74(64)129-60-30(14-87)123-67(35(47(60)104)77-20(4)90)131-62-43(100)32(16-115-65-33(75-18(2)88)45(102)58(28(12-85)121-65)127-70-53(110)49(106)39(96)24(8-81)118-70)125-73(56(62)113)128-59-29(13-86)122-66(34(46(59)103)76-19(3)89)114-15-31-44(101)63(55(112)72(124-31)126-57(23(93)7-80)38(95)22(92)6-79)132-68-36(78-21(5)91)61(42(99)27(11-84)117-68)130-71-54(111)50(107)40(97)25(9-82)119-71/h17,22-74,79-87,92-113H,6-16H2,1-5H3,(H,75,88)(H,76,89)(H,77,90)(H,78,91)/t17-,22-,23+,24+,25+,26+,27+,28+,29+,30+,31+,32+,33+,34+,35+,36+,37+,38+,39-,40-,41-,42+,43-,44-,45+,46+,47+,48+,49-,50-,51-,52-,53+,54+,55+,56+,57+,58+,59+,60+,61+,62-,63-,64+,65+,66+,67-,68-,69-,70-,71-,72-,73-,74-/m0/s1. The lowest BCUT2D eigenvalue weighted by atomic mass is 9.93. The maximum absolute atomic E-state index is 13.4. The van der Waals surface area contributed by atoms with E-state index in [0.29, 0.717) is 0 Å². The Morgan fingerprint density at radius 2 is 0.534 bits per heavy atom. The Bertz CT molecular complexity index is 3580. The second-order valence-corrected chi connectivity index (χ2v) is 33.6. The van der Waals surface area contributed by atoms with Crippen molar-refractivity contribution in [3.63, 3.8) is 0 Å². The van der Waals surface area contributed by atoms with Gasteiger partial charge in [0.05, 0.1) is 78.8 Å². The minimum Gasteiger partial charge on any atom is -0.394 e. The minimum absolute atomic E-state index is 0.882. The molecule has 4 amide bonds. The molecule has 10 fully saturated rings. The van der Waals surface area contributed by atoms with Crippen molar-refractivity contribution in [1.82, 2.24) is 21.3 Å². The fourth-order valence-corrected chi connectivity index (χ4v) is 16.9. The van der Waals surface area contributed by atoms with Gasteiger partial charge in [0.2, 0.25) is 23.6 Å². The Balaban J connectivity index is 0.965. The van der Waals surface area contributed by atoms with Crippen LogP contribution < -0.4 is 21.3 Å². The van der Waals surface area contributed by atoms with Gasteiger partial charge in [-0.25, -0.2) is 0 Å². The van der Waals surface area contributed by atoms with Crippen molar-refractivity contribution in [2.75, 3.05) is 72.7 Å². The summed E-state index contributed by atoms with van der Waals surface area (Å²) in [5, 5.41) is 353. The molecule has 35 N–H and O–H groups in total. The van der Waals surface area contributed by atoms with Crippen LogP contribution in [0.5, 0.6) is 0 Å². The zero-order valence-corrected chi connectivity index (χ0v) is 71.6. The third-order valence-corrected chi connectivity index (χ3v) is 24.2. The zero-order valence-electron chi connectivity index (χ0n) is 71.6. The number of hydrogen-bond donors (Lipinski definition) is 35. The second-order valence-electron chi connectivity index (χ2n) is 33.6. The van der Waals surface area contributed by atoms with E-state index in [9.17, 15) is 177 Å². The maximum Gasteiger partial charge on any atom is 0.217 e. The van der Waals surface area contributed by atoms with E-state index in [1.165, 1.54) is 6.92 Å². The number of carbonyl (C=O) groups excluding carboxylic acids is 4. The van der Waals surface area contributed by atoms with E-state index < -0.39 is 428 Å². The normalized spacial score (nSPS) is 47.6. The molecule has 0 unspecified atom stereocenters. The lowest BCUT2D eigenvalue weighted by Gasteiger charge is -2.51. The number of carbonyl (C=O) groups is 4. The first-order valence-electron chi connectivity index (χ1n) is 42.4. The van der Waals surface area contributed by atoms with E-state index in [1.807, 2.05) is 0 Å². The number of amides is 4. The minimum atomic E-state index is -2.59. The number of rotatable bonds is 38. The highest BCUT2D eigenvalue weighted by Gasteiger charge is 2.62. The monoisotopic (exact) mass is 1950 g/mol. The van der Waals surface area contributed by atoms with Crippen LogP contribution in [0.1, 0.15) is 34.6 Å². The van der Waals surface area contributed by atoms with Crippen molar-refractivity contribution in [3.05, 3.63) is 0 Å². The lowest BCUT2D eigenvalue weighted by molar-refractivity contribution is -0.392. The fourth-order valence-electron chi connectivity index (χ4n) is 16.9. The van der Waals surface area contributed by atoms with Crippen molar-refractivity contribution in [3.8, 4) is 0 Å². The Labute approximate surface area is 753 Å². The molecule has 0 aromatic rings. The Morgan fingerprint density at radius 1 is 0.256 bits per heavy atom. The smallest absolute Gasteiger partial charge is 0.217 e. The Hall–Kier alpha value is -4.16. The SMILES string of the molecule is CC(=O)N[C@H]1[C@H](OC[C@H]2O[C@@H](O[C@H]3[C@H](O)[C@@H](NC(C)=O)[C@H](OC[C@H]4O[C@@H](O[C@@H]([C@H](O)[C@@H](O)CO)[C@H](O)CO)[C@H](O)[C@@H](O[C@@H]5O[C@H](CO)[C@@H](O)[C@H](O[C@@H]6O[C@H](CO)[C@H](O)[C@H](O)[C@H]6O)[C@H]5NC(C)=O)[C@H]4O)O[C@@H]3CO)[C@H](O)[C@@H](O[C@@H]3O[C@H](CO)[C@@H](O[C@@H]4O[C@H](CO)[C@H](O)[C@H](O)[C@H]4O[C@@H]4O[C@@H](C)[C@@H](O)[C@@H](O)[C@@H]4O)[C@H](O)[C@H]3NC(C)=O)[C@H]2O)O[C@H](CO)[C@@H](O[C@@H]2O[C@H](CO)[C@H](O)[C@H](O)[C@H]2O)[C@@H]1O. The molecule has 0 radical (unpaired) electrons. The van der Waals surface area contributed by atoms with Crippen molar-refractivity contribution in [1.29, 1.82) is 0 Å². The van der Waals surface area contributed by atoms with E-state index in [1.54, 1.807) is 0 Å². The van der Waals surface area contributed by atoms with E-state index >= 15 is 0 Å². The van der Waals surface area contributed by atoms with Crippen molar-refractivity contribution >= 4 is 23.6 Å². The first-order chi connectivity index (χ1) is 62.9. The molecule has 10 aliphatic rings. The summed E-state index contributed by atoms with van der Waals surface area (Å²) in [5.41, 5.74) is 0. The average molecular weight is 1950 g/mol. The molecule has 10 heterocycles. The van der Waals surface area contributed by atoms with Crippen LogP contribution in [0.25, 0.3) is 0 Å². The van der Waals surface area contributed by atoms with Gasteiger partial charge in [0.25, 0.3) is 0 Å². The van der Waals surface area contributed by atoms with E-state index in [0.717, 1.165) is 27.7 Å². The number of nitrogens with one attached hydrogen (secondary N) is 4. The molecule has 0 saturated carbocycles. The molecule has 10 saturated heterocycles. The van der Waals surface area contributed by atoms with Crippen LogP contribution in [-0.4, -0.2) is 586 Å². The van der Waals surface area contributed by atoms with E-state index in [-0.39, 0.29) is 0 Å². The summed E-state index contributed by atoms with van der Waals surface area (Å²) < 4.78 is 119. The molecule has 10 rings (SSSR count). The summed E-state index contributed by atoms with van der Waals surface area (Å²) in [5.74, 6) is -3.99. The van der Waals surface area contributed by atoms with Crippen molar-refractivity contribution in [2.24, 2.45) is 0 Å². The first-order valence-corrected chi connectivity index (χ1v) is 42.4. The molecule has 10 aliphatic heterocycles. The molecule has 59 heteroatoms. The predicted octanol–water partition coefficient (Wildman–Crippen LogP) is -23.7. The molecule has 0 spiro atoms. The van der Waals surface area contributed by atoms with Gasteiger partial charge in [-0.15, -0.1) is 0 Å². The molecular formula is C74H126N4O55. The average Bonchev–Trinajstić information content (AvgIpc) is 0.765. The molecule has 133 heavy (non-hydrogen) atoms. The number of aliphatic hydroxyl groups is 31. The van der Waals surface area contributed by atoms with Crippen LogP contribution in [0.4, 0.5) is 0 Å². The molecule has 0 bridgehead atoms. The van der Waals surface area contributed by atoms with Gasteiger partial charge in [0.15, 0.2) is 62.9 Å². The number of aliphatic hydroxyl groups excluding tert-OH is 31. The van der Waals surface area contributed by atoms with Crippen LogP contribution >= 0.6 is 0 Å². The molecule has 0 aromatic heterocycles. The number of hydrogen-bond acceptors (Lipinski definition) is 55. The maximum atomic E-state index is 13.4. The lowest BCUT2D eigenvalue weighted by Crippen LogP contribution is -2.71. The highest BCUT2D eigenvalue weighted by molar-refractivity contribution is 5.74. The van der Waals surface area contributed by atoms with Gasteiger partial charge in [0, 0.05) is 27.7 Å². The van der Waals surface area contributed by atoms with Crippen LogP contribution in [0, 0.1) is 0 Å². The summed E-state index contributed by atoms with van der Waals surface area (Å²) in [6.45, 7) is -7.89. The van der Waals surface area contributed by atoms with E-state index in [2.05, 4.69) is 21.3 Å². The summed E-state index contributed by atoms with van der Waals surface area (Å²) in [6.07, 6.45) is -106. The quantitative estimate of drug-likeness (QED) is 0.0273. The summed E-state index contributed by atoms with van der Waals surface area (Å²) in [7, 11) is 0. The molecule has 54 atom stereocenters. The van der Waals surface area contributed by atoms with Gasteiger partial charge in [-0.2, -0.15) is 0 Å². The van der Waals surface area contributed by atoms with Gasteiger partial charge in [0.1, 0.15) is 262 Å². The third-order valence-electron chi connectivity index (χ3n) is 24.2. The Kier molecular flexibility index (Phi) is 40.8. The summed E-state index contributed by atoms with van der Waals surface area (Å²) >= 11 is 0. The van der Waals surface area contributed by atoms with Crippen LogP contribution in [-0.2, 0) is 114 Å². The molecular weight excluding hydrogens is 1820 g/mol. The molecule has 59 nitrogen and oxygen atoms in total. The van der Waals surface area contributed by atoms with Gasteiger partial charge in [-0.1, -0.05) is 0 Å². The third kappa shape index (κ3) is 25.1. The predicted molar refractivity (Wildman–Crippen MR) is 410 cm³/mol. The van der Waals surface area contributed by atoms with Gasteiger partial charge >= 0.3 is 0 Å². The molecule has 0 aliphatic carbocycles. The molecule has 0 aromatic carbocycles. The van der Waals surface area contributed by atoms with Crippen molar-refractivity contribution in [2.45, 2.75) is 366 Å². The van der Waals surface area contributed by atoms with E-state index in [4.69, 9.17) is 94.7 Å². The highest BCUT2D eigenvalue weighted by atomic mass is 16.8. The zero-order chi connectivity index (χ0) is 98.2. The topological polar surface area (TPSA) is 928 Å². The first kappa shape index (κ1) is 111. The van der Waals surface area contributed by atoms with Gasteiger partial charge in [-0.05, 0) is 6.92 Å². The number of ether oxygens (including phenoxy) is 20. The fraction of sp³-hybridized carbons (Fsp3) is 0.946. The summed E-state index contributed by atoms with van der Waals surface area (Å²) in [6, 6.07) is -7.99. The summed E-state index contributed by atoms with van der Waals surface area (Å²) in [4.78, 5) is 52.7. The second kappa shape index (κ2) is 49.0. The van der Waals surface area contributed by atoms with Crippen molar-refractivity contribution < 1.29 is 272 Å². The van der Waals surface area contributed by atoms with Gasteiger partial charge in [-0.3, -0.25) is 19.2 Å². The molecule has 772 valence electrons. The van der Waals surface area contributed by atoms with Gasteiger partial charge < -0.3 is 274 Å². The van der Waals surface area contributed by atoms with Crippen LogP contribution in [0.2, 0.25) is 0 Å². The van der Waals surface area contributed by atoms with Crippen LogP contribution in [0.15, 0.2) is 0 Å².